The number of hydroxylamine groups is 1. The molecule has 0 radical (unpaired) electrons. The minimum atomic E-state index is 0.477. The van der Waals surface area contributed by atoms with Crippen LogP contribution in [0.5, 0.6) is 0 Å². The lowest BCUT2D eigenvalue weighted by molar-refractivity contribution is 0.180. The van der Waals surface area contributed by atoms with E-state index in [1.807, 2.05) is 19.0 Å². The highest BCUT2D eigenvalue weighted by molar-refractivity contribution is 5.42. The number of nitrogens with one attached hydrogen (secondary N) is 1. The Bertz CT molecular complexity index is 357. The van der Waals surface area contributed by atoms with Crippen molar-refractivity contribution in [3.8, 4) is 0 Å². The van der Waals surface area contributed by atoms with Crippen LogP contribution < -0.4 is 15.3 Å². The van der Waals surface area contributed by atoms with Gasteiger partial charge in [-0.05, 0) is 6.42 Å². The molecule has 0 saturated heterocycles. The molecule has 17 heavy (non-hydrogen) atoms. The standard InChI is InChI=1S/C10H20N6O/c1-6-7-11-8-12-9(15(2)3)14-10(13-8)16(4)17-5/h6-7H2,1-5H3,(H,11,12,13,14). The smallest absolute Gasteiger partial charge is 0.256 e. The van der Waals surface area contributed by atoms with Gasteiger partial charge in [0.2, 0.25) is 11.9 Å². The van der Waals surface area contributed by atoms with Crippen LogP contribution in [0.2, 0.25) is 0 Å². The van der Waals surface area contributed by atoms with Crippen molar-refractivity contribution < 1.29 is 4.84 Å². The number of aromatic nitrogens is 3. The van der Waals surface area contributed by atoms with E-state index in [1.54, 1.807) is 14.2 Å². The van der Waals surface area contributed by atoms with Crippen LogP contribution in [-0.2, 0) is 4.84 Å². The molecule has 96 valence electrons. The summed E-state index contributed by atoms with van der Waals surface area (Å²) in [6, 6.07) is 0. The Kier molecular flexibility index (Phi) is 4.89. The molecule has 0 unspecified atom stereocenters. The molecule has 1 N–H and O–H groups in total. The molecule has 0 aliphatic heterocycles. The first-order chi connectivity index (χ1) is 8.08. The molecule has 0 bridgehead atoms. The predicted molar refractivity (Wildman–Crippen MR) is 68.3 cm³/mol. The molecule has 0 saturated carbocycles. The van der Waals surface area contributed by atoms with Crippen molar-refractivity contribution >= 4 is 17.8 Å². The van der Waals surface area contributed by atoms with Crippen molar-refractivity contribution in [3.63, 3.8) is 0 Å². The van der Waals surface area contributed by atoms with E-state index >= 15 is 0 Å². The Balaban J connectivity index is 3.00. The van der Waals surface area contributed by atoms with Crippen molar-refractivity contribution in [1.82, 2.24) is 15.0 Å². The van der Waals surface area contributed by atoms with Crippen LogP contribution >= 0.6 is 0 Å². The molecular formula is C10H20N6O. The van der Waals surface area contributed by atoms with Gasteiger partial charge in [-0.3, -0.25) is 4.84 Å². The van der Waals surface area contributed by atoms with Gasteiger partial charge in [-0.15, -0.1) is 0 Å². The van der Waals surface area contributed by atoms with Crippen LogP contribution in [0.15, 0.2) is 0 Å². The third-order valence-electron chi connectivity index (χ3n) is 2.10. The lowest BCUT2D eigenvalue weighted by Gasteiger charge is -2.17. The summed E-state index contributed by atoms with van der Waals surface area (Å²) in [7, 11) is 7.08. The monoisotopic (exact) mass is 240 g/mol. The highest BCUT2D eigenvalue weighted by Gasteiger charge is 2.10. The number of anilines is 3. The summed E-state index contributed by atoms with van der Waals surface area (Å²) < 4.78 is 0. The van der Waals surface area contributed by atoms with Gasteiger partial charge in [-0.25, -0.2) is 5.06 Å². The zero-order valence-electron chi connectivity index (χ0n) is 11.1. The Morgan fingerprint density at radius 2 is 1.76 bits per heavy atom. The van der Waals surface area contributed by atoms with Crippen LogP contribution in [0.1, 0.15) is 13.3 Å². The molecule has 0 amide bonds. The van der Waals surface area contributed by atoms with E-state index in [1.165, 1.54) is 5.06 Å². The van der Waals surface area contributed by atoms with Crippen molar-refractivity contribution in [1.29, 1.82) is 0 Å². The van der Waals surface area contributed by atoms with Crippen molar-refractivity contribution in [2.45, 2.75) is 13.3 Å². The third kappa shape index (κ3) is 3.70. The topological polar surface area (TPSA) is 66.4 Å². The quantitative estimate of drug-likeness (QED) is 0.736. The summed E-state index contributed by atoms with van der Waals surface area (Å²) in [6.07, 6.45) is 1.01. The first kappa shape index (κ1) is 13.4. The van der Waals surface area contributed by atoms with E-state index in [2.05, 4.69) is 27.2 Å². The summed E-state index contributed by atoms with van der Waals surface area (Å²) in [6.45, 7) is 2.91. The van der Waals surface area contributed by atoms with Gasteiger partial charge in [-0.2, -0.15) is 15.0 Å². The van der Waals surface area contributed by atoms with Crippen LogP contribution in [0.4, 0.5) is 17.8 Å². The highest BCUT2D eigenvalue weighted by atomic mass is 16.7. The average molecular weight is 240 g/mol. The highest BCUT2D eigenvalue weighted by Crippen LogP contribution is 2.13. The van der Waals surface area contributed by atoms with E-state index in [0.29, 0.717) is 17.8 Å². The number of hydrogen-bond donors (Lipinski definition) is 1. The second-order valence-electron chi connectivity index (χ2n) is 3.76. The molecule has 0 aliphatic rings. The Morgan fingerprint density at radius 1 is 1.12 bits per heavy atom. The fourth-order valence-electron chi connectivity index (χ4n) is 1.09. The van der Waals surface area contributed by atoms with E-state index in [0.717, 1.165) is 13.0 Å². The molecule has 1 rings (SSSR count). The Hall–Kier alpha value is -1.63. The lowest BCUT2D eigenvalue weighted by atomic mass is 10.5. The zero-order chi connectivity index (χ0) is 12.8. The van der Waals surface area contributed by atoms with Gasteiger partial charge in [0.05, 0.1) is 7.11 Å². The minimum Gasteiger partial charge on any atom is -0.354 e. The fourth-order valence-corrected chi connectivity index (χ4v) is 1.09. The molecule has 0 atom stereocenters. The Labute approximate surface area is 102 Å². The average Bonchev–Trinajstić information content (AvgIpc) is 2.34. The Morgan fingerprint density at radius 3 is 2.29 bits per heavy atom. The van der Waals surface area contributed by atoms with Crippen molar-refractivity contribution in [2.24, 2.45) is 0 Å². The predicted octanol–water partition coefficient (Wildman–Crippen LogP) is 0.757. The van der Waals surface area contributed by atoms with E-state index in [-0.39, 0.29) is 0 Å². The maximum absolute atomic E-state index is 5.06. The van der Waals surface area contributed by atoms with Gasteiger partial charge in [0, 0.05) is 27.7 Å². The third-order valence-corrected chi connectivity index (χ3v) is 2.10. The SMILES string of the molecule is CCCNc1nc(N(C)C)nc(N(C)OC)n1. The molecule has 0 fully saturated rings. The second-order valence-corrected chi connectivity index (χ2v) is 3.76. The molecule has 0 spiro atoms. The second kappa shape index (κ2) is 6.19. The van der Waals surface area contributed by atoms with Crippen LogP contribution in [0, 0.1) is 0 Å². The van der Waals surface area contributed by atoms with Crippen LogP contribution in [0.25, 0.3) is 0 Å². The van der Waals surface area contributed by atoms with Crippen molar-refractivity contribution in [2.75, 3.05) is 50.1 Å². The summed E-state index contributed by atoms with van der Waals surface area (Å²) in [4.78, 5) is 19.7. The molecule has 7 nitrogen and oxygen atoms in total. The van der Waals surface area contributed by atoms with Crippen molar-refractivity contribution in [3.05, 3.63) is 0 Å². The number of rotatable bonds is 6. The normalized spacial score (nSPS) is 10.2. The fraction of sp³-hybridized carbons (Fsp3) is 0.700. The van der Waals surface area contributed by atoms with Gasteiger partial charge in [-0.1, -0.05) is 6.92 Å². The van der Waals surface area contributed by atoms with Crippen LogP contribution in [-0.4, -0.2) is 49.7 Å². The molecule has 0 aliphatic carbocycles. The van der Waals surface area contributed by atoms with E-state index in [4.69, 9.17) is 4.84 Å². The molecule has 1 heterocycles. The van der Waals surface area contributed by atoms with Crippen LogP contribution in [0.3, 0.4) is 0 Å². The zero-order valence-corrected chi connectivity index (χ0v) is 11.1. The molecule has 1 aromatic rings. The van der Waals surface area contributed by atoms with Gasteiger partial charge in [0.1, 0.15) is 0 Å². The van der Waals surface area contributed by atoms with Gasteiger partial charge >= 0.3 is 0 Å². The summed E-state index contributed by atoms with van der Waals surface area (Å²) in [5.41, 5.74) is 0. The first-order valence-electron chi connectivity index (χ1n) is 5.53. The van der Waals surface area contributed by atoms with E-state index < -0.39 is 0 Å². The number of nitrogens with zero attached hydrogens (tertiary/aromatic N) is 5. The first-order valence-corrected chi connectivity index (χ1v) is 5.53. The molecule has 1 aromatic heterocycles. The van der Waals surface area contributed by atoms with Gasteiger partial charge in [0.15, 0.2) is 0 Å². The van der Waals surface area contributed by atoms with Gasteiger partial charge < -0.3 is 10.2 Å². The summed E-state index contributed by atoms with van der Waals surface area (Å²) in [5.74, 6) is 1.63. The largest absolute Gasteiger partial charge is 0.354 e. The number of hydrogen-bond acceptors (Lipinski definition) is 7. The molecule has 0 aromatic carbocycles. The molecule has 7 heteroatoms. The summed E-state index contributed by atoms with van der Waals surface area (Å²) >= 11 is 0. The maximum Gasteiger partial charge on any atom is 0.256 e. The minimum absolute atomic E-state index is 0.477. The van der Waals surface area contributed by atoms with Gasteiger partial charge in [0.25, 0.3) is 5.95 Å². The lowest BCUT2D eigenvalue weighted by Crippen LogP contribution is -2.22. The van der Waals surface area contributed by atoms with E-state index in [9.17, 15) is 0 Å². The maximum atomic E-state index is 5.06. The summed E-state index contributed by atoms with van der Waals surface area (Å²) in [5, 5.41) is 4.63. The molecular weight excluding hydrogens is 220 g/mol.